The van der Waals surface area contributed by atoms with Crippen molar-refractivity contribution in [3.63, 3.8) is 0 Å². The fourth-order valence-corrected chi connectivity index (χ4v) is 2.61. The molecular weight excluding hydrogens is 294 g/mol. The van der Waals surface area contributed by atoms with Crippen LogP contribution in [0.4, 0.5) is 4.79 Å². The SMILES string of the molecule is CC(=O)[C@@H]1C[C@H](OCc2ccccc2)CN1C(=O)OC(C)(C)C. The maximum absolute atomic E-state index is 12.3. The lowest BCUT2D eigenvalue weighted by molar-refractivity contribution is -0.121. The molecule has 1 saturated heterocycles. The van der Waals surface area contributed by atoms with Gasteiger partial charge >= 0.3 is 6.09 Å². The number of carbonyl (C=O) groups excluding carboxylic acids is 2. The number of carbonyl (C=O) groups is 2. The first-order valence-corrected chi connectivity index (χ1v) is 7.92. The van der Waals surface area contributed by atoms with Gasteiger partial charge in [-0.15, -0.1) is 0 Å². The highest BCUT2D eigenvalue weighted by Gasteiger charge is 2.40. The van der Waals surface area contributed by atoms with Crippen LogP contribution < -0.4 is 0 Å². The third-order valence-corrected chi connectivity index (χ3v) is 3.69. The Morgan fingerprint density at radius 3 is 2.43 bits per heavy atom. The molecule has 1 amide bonds. The first kappa shape index (κ1) is 17.5. The van der Waals surface area contributed by atoms with Crippen molar-refractivity contribution < 1.29 is 19.1 Å². The second-order valence-corrected chi connectivity index (χ2v) is 6.91. The molecule has 5 nitrogen and oxygen atoms in total. The topological polar surface area (TPSA) is 55.8 Å². The number of amides is 1. The van der Waals surface area contributed by atoms with Crippen molar-refractivity contribution in [2.75, 3.05) is 6.54 Å². The van der Waals surface area contributed by atoms with Crippen molar-refractivity contribution in [1.82, 2.24) is 4.90 Å². The average molecular weight is 319 g/mol. The molecule has 1 fully saturated rings. The summed E-state index contributed by atoms with van der Waals surface area (Å²) in [5, 5.41) is 0. The number of hydrogen-bond acceptors (Lipinski definition) is 4. The number of nitrogens with zero attached hydrogens (tertiary/aromatic N) is 1. The van der Waals surface area contributed by atoms with E-state index in [2.05, 4.69) is 0 Å². The largest absolute Gasteiger partial charge is 0.444 e. The van der Waals surface area contributed by atoms with E-state index in [4.69, 9.17) is 9.47 Å². The van der Waals surface area contributed by atoms with Crippen molar-refractivity contribution in [3.8, 4) is 0 Å². The summed E-state index contributed by atoms with van der Waals surface area (Å²) in [6.07, 6.45) is -0.0957. The first-order chi connectivity index (χ1) is 10.8. The molecule has 2 atom stereocenters. The Kier molecular flexibility index (Phi) is 5.42. The molecule has 0 bridgehead atoms. The normalized spacial score (nSPS) is 21.3. The van der Waals surface area contributed by atoms with Crippen molar-refractivity contribution in [3.05, 3.63) is 35.9 Å². The zero-order chi connectivity index (χ0) is 17.0. The van der Waals surface area contributed by atoms with Crippen LogP contribution in [0.5, 0.6) is 0 Å². The standard InChI is InChI=1S/C18H25NO4/c1-13(20)16-10-15(22-12-14-8-6-5-7-9-14)11-19(16)17(21)23-18(2,3)4/h5-9,15-16H,10-12H2,1-4H3/t15-,16-/m0/s1. The molecule has 0 aliphatic carbocycles. The van der Waals surface area contributed by atoms with Crippen molar-refractivity contribution in [2.24, 2.45) is 0 Å². The summed E-state index contributed by atoms with van der Waals surface area (Å²) in [6, 6.07) is 9.38. The van der Waals surface area contributed by atoms with Gasteiger partial charge in [-0.2, -0.15) is 0 Å². The van der Waals surface area contributed by atoms with Crippen LogP contribution in [0.15, 0.2) is 30.3 Å². The number of ether oxygens (including phenoxy) is 2. The van der Waals surface area contributed by atoms with Crippen molar-refractivity contribution in [2.45, 2.75) is 58.5 Å². The van der Waals surface area contributed by atoms with Crippen LogP contribution in [0.2, 0.25) is 0 Å². The number of rotatable bonds is 4. The molecule has 23 heavy (non-hydrogen) atoms. The van der Waals surface area contributed by atoms with Gasteiger partial charge in [0.05, 0.1) is 25.3 Å². The zero-order valence-electron chi connectivity index (χ0n) is 14.2. The minimum absolute atomic E-state index is 0.0401. The number of benzene rings is 1. The summed E-state index contributed by atoms with van der Waals surface area (Å²) in [7, 11) is 0. The highest BCUT2D eigenvalue weighted by Crippen LogP contribution is 2.24. The summed E-state index contributed by atoms with van der Waals surface area (Å²) in [6.45, 7) is 7.79. The molecule has 0 saturated carbocycles. The molecule has 0 unspecified atom stereocenters. The number of likely N-dealkylation sites (tertiary alicyclic amines) is 1. The molecule has 0 aromatic heterocycles. The highest BCUT2D eigenvalue weighted by molar-refractivity contribution is 5.86. The fraction of sp³-hybridized carbons (Fsp3) is 0.556. The molecule has 0 radical (unpaired) electrons. The average Bonchev–Trinajstić information content (AvgIpc) is 2.89. The lowest BCUT2D eigenvalue weighted by atomic mass is 10.1. The predicted octanol–water partition coefficient (Wildman–Crippen LogP) is 3.17. The lowest BCUT2D eigenvalue weighted by Crippen LogP contribution is -2.42. The number of Topliss-reactive ketones (excluding diaryl/α,β-unsaturated/α-hetero) is 1. The van der Waals surface area contributed by atoms with Crippen LogP contribution in [-0.4, -0.2) is 41.1 Å². The van der Waals surface area contributed by atoms with Crippen molar-refractivity contribution in [1.29, 1.82) is 0 Å². The molecule has 5 heteroatoms. The van der Waals surface area contributed by atoms with E-state index < -0.39 is 17.7 Å². The second kappa shape index (κ2) is 7.13. The Labute approximate surface area is 137 Å². The van der Waals surface area contributed by atoms with Crippen LogP contribution in [0.25, 0.3) is 0 Å². The maximum atomic E-state index is 12.3. The van der Waals surface area contributed by atoms with Gasteiger partial charge in [0.15, 0.2) is 5.78 Å². The van der Waals surface area contributed by atoms with Crippen LogP contribution in [0, 0.1) is 0 Å². The molecule has 1 aliphatic heterocycles. The monoisotopic (exact) mass is 319 g/mol. The van der Waals surface area contributed by atoms with E-state index in [9.17, 15) is 9.59 Å². The Morgan fingerprint density at radius 1 is 1.22 bits per heavy atom. The van der Waals surface area contributed by atoms with Gasteiger partial charge in [0, 0.05) is 6.42 Å². The Balaban J connectivity index is 1.97. The van der Waals surface area contributed by atoms with E-state index in [-0.39, 0.29) is 11.9 Å². The molecule has 1 aliphatic rings. The van der Waals surface area contributed by atoms with Gasteiger partial charge in [0.25, 0.3) is 0 Å². The molecule has 2 rings (SSSR count). The van der Waals surface area contributed by atoms with Crippen LogP contribution in [-0.2, 0) is 20.9 Å². The van der Waals surface area contributed by atoms with Crippen molar-refractivity contribution >= 4 is 11.9 Å². The summed E-state index contributed by atoms with van der Waals surface area (Å²) < 4.78 is 11.3. The van der Waals surface area contributed by atoms with Gasteiger partial charge in [0.1, 0.15) is 5.60 Å². The molecule has 126 valence electrons. The van der Waals surface area contributed by atoms with E-state index in [0.29, 0.717) is 19.6 Å². The van der Waals surface area contributed by atoms with Gasteiger partial charge in [-0.1, -0.05) is 30.3 Å². The second-order valence-electron chi connectivity index (χ2n) is 6.91. The van der Waals surface area contributed by atoms with Gasteiger partial charge in [-0.25, -0.2) is 4.79 Å². The van der Waals surface area contributed by atoms with E-state index in [1.54, 1.807) is 0 Å². The zero-order valence-corrected chi connectivity index (χ0v) is 14.2. The third-order valence-electron chi connectivity index (χ3n) is 3.69. The smallest absolute Gasteiger partial charge is 0.410 e. The Morgan fingerprint density at radius 2 is 1.87 bits per heavy atom. The predicted molar refractivity (Wildman–Crippen MR) is 87.0 cm³/mol. The van der Waals surface area contributed by atoms with E-state index >= 15 is 0 Å². The van der Waals surface area contributed by atoms with Gasteiger partial charge in [-0.05, 0) is 33.3 Å². The quantitative estimate of drug-likeness (QED) is 0.855. The third kappa shape index (κ3) is 5.06. The minimum atomic E-state index is -0.582. The summed E-state index contributed by atoms with van der Waals surface area (Å²) >= 11 is 0. The fourth-order valence-electron chi connectivity index (χ4n) is 2.61. The van der Waals surface area contributed by atoms with E-state index in [0.717, 1.165) is 5.56 Å². The molecular formula is C18H25NO4. The maximum Gasteiger partial charge on any atom is 0.410 e. The van der Waals surface area contributed by atoms with Crippen LogP contribution in [0.1, 0.15) is 39.7 Å². The number of ketones is 1. The van der Waals surface area contributed by atoms with E-state index in [1.807, 2.05) is 51.1 Å². The summed E-state index contributed by atoms with van der Waals surface area (Å²) in [5.74, 6) is -0.0401. The molecule has 1 aromatic rings. The molecule has 1 aromatic carbocycles. The van der Waals surface area contributed by atoms with Crippen LogP contribution in [0.3, 0.4) is 0 Å². The minimum Gasteiger partial charge on any atom is -0.444 e. The van der Waals surface area contributed by atoms with Crippen LogP contribution >= 0.6 is 0 Å². The van der Waals surface area contributed by atoms with Gasteiger partial charge in [-0.3, -0.25) is 9.69 Å². The Hall–Kier alpha value is -1.88. The molecule has 0 spiro atoms. The molecule has 1 heterocycles. The van der Waals surface area contributed by atoms with Gasteiger partial charge in [0.2, 0.25) is 0 Å². The lowest BCUT2D eigenvalue weighted by Gasteiger charge is -2.27. The first-order valence-electron chi connectivity index (χ1n) is 7.92. The molecule has 0 N–H and O–H groups in total. The Bertz CT molecular complexity index is 550. The van der Waals surface area contributed by atoms with Gasteiger partial charge < -0.3 is 9.47 Å². The summed E-state index contributed by atoms with van der Waals surface area (Å²) in [5.41, 5.74) is 0.490. The van der Waals surface area contributed by atoms with E-state index in [1.165, 1.54) is 11.8 Å². The summed E-state index contributed by atoms with van der Waals surface area (Å²) in [4.78, 5) is 25.6. The highest BCUT2D eigenvalue weighted by atomic mass is 16.6. The number of hydrogen-bond donors (Lipinski definition) is 0.